The first-order valence-corrected chi connectivity index (χ1v) is 10.9. The average Bonchev–Trinajstić information content (AvgIpc) is 3.01. The second-order valence-corrected chi connectivity index (χ2v) is 4.93. The second-order valence-electron chi connectivity index (χ2n) is 4.93. The molecule has 0 N–H and O–H groups in total. The van der Waals surface area contributed by atoms with Crippen LogP contribution in [0.15, 0.2) is 23.8 Å². The standard InChI is InChI=1S/C15H17N.5C2H6/c1-10-4-6-12-13-7-5-11(2)9-15(13)16(3)14(12)8-10;5*1-2/h4,6,8-9H,5,7H2,1-3H3;5*1-2H3. The van der Waals surface area contributed by atoms with E-state index in [0.717, 1.165) is 0 Å². The van der Waals surface area contributed by atoms with Gasteiger partial charge in [-0.15, -0.1) is 0 Å². The lowest BCUT2D eigenvalue weighted by Gasteiger charge is -2.11. The zero-order valence-electron chi connectivity index (χ0n) is 20.2. The van der Waals surface area contributed by atoms with Crippen molar-refractivity contribution in [1.29, 1.82) is 0 Å². The molecule has 2 aromatic rings. The largest absolute Gasteiger partial charge is 0.344 e. The summed E-state index contributed by atoms with van der Waals surface area (Å²) < 4.78 is 2.33. The molecule has 1 aliphatic rings. The Labute approximate surface area is 165 Å². The monoisotopic (exact) mass is 361 g/mol. The minimum Gasteiger partial charge on any atom is -0.344 e. The Kier molecular flexibility index (Phi) is 20.6. The van der Waals surface area contributed by atoms with E-state index in [1.54, 1.807) is 0 Å². The van der Waals surface area contributed by atoms with Crippen molar-refractivity contribution in [2.24, 2.45) is 7.05 Å². The van der Waals surface area contributed by atoms with Gasteiger partial charge in [0.05, 0.1) is 0 Å². The van der Waals surface area contributed by atoms with Crippen molar-refractivity contribution < 1.29 is 0 Å². The molecule has 0 aliphatic heterocycles. The molecule has 0 bridgehead atoms. The van der Waals surface area contributed by atoms with Crippen LogP contribution in [0.25, 0.3) is 17.0 Å². The van der Waals surface area contributed by atoms with Crippen molar-refractivity contribution in [3.63, 3.8) is 0 Å². The zero-order chi connectivity index (χ0) is 21.3. The van der Waals surface area contributed by atoms with E-state index >= 15 is 0 Å². The molecule has 0 saturated carbocycles. The minimum absolute atomic E-state index is 1.19. The van der Waals surface area contributed by atoms with Crippen LogP contribution in [0.2, 0.25) is 0 Å². The van der Waals surface area contributed by atoms with Crippen molar-refractivity contribution >= 4 is 17.0 Å². The Balaban J connectivity index is -0.000000462. The average molecular weight is 362 g/mol. The maximum absolute atomic E-state index is 2.34. The van der Waals surface area contributed by atoms with E-state index in [4.69, 9.17) is 0 Å². The molecule has 0 spiro atoms. The Morgan fingerprint density at radius 2 is 1.23 bits per heavy atom. The molecule has 1 aromatic carbocycles. The van der Waals surface area contributed by atoms with Gasteiger partial charge >= 0.3 is 0 Å². The van der Waals surface area contributed by atoms with Crippen LogP contribution in [0.1, 0.15) is 99.4 Å². The predicted molar refractivity (Wildman–Crippen MR) is 126 cm³/mol. The van der Waals surface area contributed by atoms with Crippen molar-refractivity contribution in [1.82, 2.24) is 4.57 Å². The molecule has 1 heterocycles. The molecule has 1 nitrogen and oxygen atoms in total. The normalized spacial score (nSPS) is 10.4. The van der Waals surface area contributed by atoms with Crippen LogP contribution in [-0.4, -0.2) is 4.57 Å². The lowest BCUT2D eigenvalue weighted by molar-refractivity contribution is 0.882. The van der Waals surface area contributed by atoms with Crippen LogP contribution in [0, 0.1) is 6.92 Å². The number of hydrogen-bond donors (Lipinski definition) is 0. The quantitative estimate of drug-likeness (QED) is 0.441. The van der Waals surface area contributed by atoms with Gasteiger partial charge in [0.2, 0.25) is 0 Å². The number of allylic oxidation sites excluding steroid dienone is 1. The van der Waals surface area contributed by atoms with Crippen LogP contribution in [0.4, 0.5) is 0 Å². The van der Waals surface area contributed by atoms with E-state index in [1.165, 1.54) is 46.1 Å². The molecule has 0 radical (unpaired) electrons. The van der Waals surface area contributed by atoms with E-state index in [2.05, 4.69) is 49.7 Å². The Bertz CT molecular complexity index is 600. The maximum atomic E-state index is 2.34. The fourth-order valence-electron chi connectivity index (χ4n) is 2.72. The summed E-state index contributed by atoms with van der Waals surface area (Å²) in [5, 5.41) is 1.44. The van der Waals surface area contributed by atoms with Gasteiger partial charge in [-0.2, -0.15) is 0 Å². The summed E-state index contributed by atoms with van der Waals surface area (Å²) in [5.74, 6) is 0. The van der Waals surface area contributed by atoms with E-state index in [-0.39, 0.29) is 0 Å². The number of fused-ring (bicyclic) bond motifs is 3. The van der Waals surface area contributed by atoms with Crippen LogP contribution >= 0.6 is 0 Å². The molecule has 0 amide bonds. The van der Waals surface area contributed by atoms with E-state index in [1.807, 2.05) is 69.2 Å². The summed E-state index contributed by atoms with van der Waals surface area (Å²) in [7, 11) is 2.18. The van der Waals surface area contributed by atoms with Crippen LogP contribution in [0.5, 0.6) is 0 Å². The van der Waals surface area contributed by atoms with Gasteiger partial charge in [0, 0.05) is 23.6 Å². The lowest BCUT2D eigenvalue weighted by atomic mass is 9.96. The molecule has 3 rings (SSSR count). The summed E-state index contributed by atoms with van der Waals surface area (Å²) in [6.45, 7) is 24.4. The lowest BCUT2D eigenvalue weighted by Crippen LogP contribution is -1.99. The molecule has 1 aliphatic carbocycles. The van der Waals surface area contributed by atoms with Gasteiger partial charge in [-0.1, -0.05) is 86.9 Å². The fourth-order valence-corrected chi connectivity index (χ4v) is 2.72. The maximum Gasteiger partial charge on any atom is 0.0488 e. The Morgan fingerprint density at radius 1 is 0.731 bits per heavy atom. The highest BCUT2D eigenvalue weighted by Gasteiger charge is 2.16. The third kappa shape index (κ3) is 7.81. The molecular weight excluding hydrogens is 314 g/mol. The molecule has 152 valence electrons. The number of rotatable bonds is 0. The summed E-state index contributed by atoms with van der Waals surface area (Å²) in [6, 6.07) is 6.78. The first kappa shape index (κ1) is 29.3. The van der Waals surface area contributed by atoms with Gasteiger partial charge < -0.3 is 4.57 Å². The smallest absolute Gasteiger partial charge is 0.0488 e. The van der Waals surface area contributed by atoms with Crippen molar-refractivity contribution in [3.8, 4) is 0 Å². The Hall–Kier alpha value is -1.50. The second kappa shape index (κ2) is 18.3. The van der Waals surface area contributed by atoms with Crippen molar-refractivity contribution in [3.05, 3.63) is 40.6 Å². The summed E-state index contributed by atoms with van der Waals surface area (Å²) in [5.41, 5.74) is 7.14. The van der Waals surface area contributed by atoms with Gasteiger partial charge in [0.1, 0.15) is 0 Å². The summed E-state index contributed by atoms with van der Waals surface area (Å²) in [6.07, 6.45) is 4.74. The van der Waals surface area contributed by atoms with E-state index in [0.29, 0.717) is 0 Å². The van der Waals surface area contributed by atoms with Gasteiger partial charge in [0.25, 0.3) is 0 Å². The zero-order valence-corrected chi connectivity index (χ0v) is 20.2. The molecule has 0 unspecified atom stereocenters. The van der Waals surface area contributed by atoms with Crippen molar-refractivity contribution in [2.45, 2.75) is 95.9 Å². The van der Waals surface area contributed by atoms with E-state index in [9.17, 15) is 0 Å². The highest BCUT2D eigenvalue weighted by atomic mass is 14.9. The number of benzene rings is 1. The van der Waals surface area contributed by atoms with Crippen LogP contribution in [-0.2, 0) is 13.5 Å². The number of nitrogens with zero attached hydrogens (tertiary/aromatic N) is 1. The van der Waals surface area contributed by atoms with Gasteiger partial charge in [-0.05, 0) is 50.0 Å². The first-order valence-electron chi connectivity index (χ1n) is 10.9. The molecule has 0 atom stereocenters. The summed E-state index contributed by atoms with van der Waals surface area (Å²) >= 11 is 0. The predicted octanol–water partition coefficient (Wildman–Crippen LogP) is 8.97. The highest BCUT2D eigenvalue weighted by Crippen LogP contribution is 2.32. The molecule has 0 saturated heterocycles. The number of aromatic nitrogens is 1. The van der Waals surface area contributed by atoms with Gasteiger partial charge in [-0.3, -0.25) is 0 Å². The molecule has 0 fully saturated rings. The van der Waals surface area contributed by atoms with E-state index < -0.39 is 0 Å². The first-order chi connectivity index (χ1) is 12.7. The number of aryl methyl sites for hydroxylation is 3. The van der Waals surface area contributed by atoms with Crippen LogP contribution in [0.3, 0.4) is 0 Å². The molecule has 26 heavy (non-hydrogen) atoms. The van der Waals surface area contributed by atoms with Gasteiger partial charge in [0.15, 0.2) is 0 Å². The number of hydrogen-bond acceptors (Lipinski definition) is 0. The van der Waals surface area contributed by atoms with Gasteiger partial charge in [-0.25, -0.2) is 0 Å². The van der Waals surface area contributed by atoms with Crippen LogP contribution < -0.4 is 0 Å². The third-order valence-electron chi connectivity index (χ3n) is 3.66. The minimum atomic E-state index is 1.19. The molecule has 1 aromatic heterocycles. The SMILES string of the molecule is CC.CC.CC.CC.CC.CC1=Cc2c(c3ccc(C)cc3n2C)CC1. The third-order valence-corrected chi connectivity index (χ3v) is 3.66. The topological polar surface area (TPSA) is 4.93 Å². The molecule has 1 heteroatoms. The molecular formula is C25H47N. The fraction of sp³-hybridized carbons (Fsp3) is 0.600. The highest BCUT2D eigenvalue weighted by molar-refractivity contribution is 5.89. The summed E-state index contributed by atoms with van der Waals surface area (Å²) in [4.78, 5) is 0. The van der Waals surface area contributed by atoms with Crippen molar-refractivity contribution in [2.75, 3.05) is 0 Å². The Morgan fingerprint density at radius 3 is 1.73 bits per heavy atom.